The van der Waals surface area contributed by atoms with E-state index in [1.807, 2.05) is 0 Å². The lowest BCUT2D eigenvalue weighted by Gasteiger charge is -2.37. The average molecular weight is 403 g/mol. The van der Waals surface area contributed by atoms with Gasteiger partial charge in [0.1, 0.15) is 6.17 Å². The molecule has 0 bridgehead atoms. The summed E-state index contributed by atoms with van der Waals surface area (Å²) in [6.07, 6.45) is 21.5. The van der Waals surface area contributed by atoms with Crippen molar-refractivity contribution in [3.05, 3.63) is 0 Å². The van der Waals surface area contributed by atoms with Gasteiger partial charge in [-0.15, -0.1) is 0 Å². The fraction of sp³-hybridized carbons (Fsp3) is 0.929. The van der Waals surface area contributed by atoms with Crippen LogP contribution in [0.3, 0.4) is 0 Å². The molecule has 0 nitrogen and oxygen atoms in total. The highest BCUT2D eigenvalue weighted by Crippen LogP contribution is 2.42. The second-order valence-corrected chi connectivity index (χ2v) is 10.8. The molecule has 3 saturated carbocycles. The molecule has 1 heteroatoms. The third-order valence-electron chi connectivity index (χ3n) is 8.60. The predicted molar refractivity (Wildman–Crippen MR) is 123 cm³/mol. The summed E-state index contributed by atoms with van der Waals surface area (Å²) in [6.45, 7) is 4.58. The third-order valence-corrected chi connectivity index (χ3v) is 8.60. The molecule has 166 valence electrons. The summed E-state index contributed by atoms with van der Waals surface area (Å²) in [6, 6.07) is 0. The van der Waals surface area contributed by atoms with Gasteiger partial charge in [-0.2, -0.15) is 0 Å². The molecule has 3 unspecified atom stereocenters. The highest BCUT2D eigenvalue weighted by atomic mass is 19.1. The molecule has 3 atom stereocenters. The van der Waals surface area contributed by atoms with Gasteiger partial charge in [-0.1, -0.05) is 77.1 Å². The third kappa shape index (κ3) is 7.29. The summed E-state index contributed by atoms with van der Waals surface area (Å²) in [5, 5.41) is 0. The normalized spacial score (nSPS) is 38.2. The zero-order valence-corrected chi connectivity index (χ0v) is 19.4. The van der Waals surface area contributed by atoms with Crippen LogP contribution in [0.5, 0.6) is 0 Å². The Hall–Kier alpha value is -0.510. The number of alkyl halides is 1. The first-order chi connectivity index (χ1) is 14.2. The number of hydrogen-bond donors (Lipinski definition) is 0. The van der Waals surface area contributed by atoms with Crippen LogP contribution < -0.4 is 0 Å². The van der Waals surface area contributed by atoms with Crippen LogP contribution in [0.2, 0.25) is 0 Å². The summed E-state index contributed by atoms with van der Waals surface area (Å²) in [5.41, 5.74) is 0. The van der Waals surface area contributed by atoms with Crippen LogP contribution in [0.15, 0.2) is 0 Å². The van der Waals surface area contributed by atoms with Crippen molar-refractivity contribution in [2.75, 3.05) is 0 Å². The van der Waals surface area contributed by atoms with Crippen LogP contribution in [0, 0.1) is 47.3 Å². The monoisotopic (exact) mass is 402 g/mol. The van der Waals surface area contributed by atoms with Crippen LogP contribution in [-0.2, 0) is 0 Å². The largest absolute Gasteiger partial charge is 0.246 e. The van der Waals surface area contributed by atoms with E-state index >= 15 is 0 Å². The van der Waals surface area contributed by atoms with Gasteiger partial charge in [-0.05, 0) is 81.5 Å². The topological polar surface area (TPSA) is 0 Å². The number of hydrogen-bond acceptors (Lipinski definition) is 0. The molecule has 0 aromatic rings. The second-order valence-electron chi connectivity index (χ2n) is 10.8. The van der Waals surface area contributed by atoms with Crippen LogP contribution in [0.1, 0.15) is 123 Å². The number of rotatable bonds is 7. The molecule has 0 radical (unpaired) electrons. The first-order valence-corrected chi connectivity index (χ1v) is 13.3. The molecule has 29 heavy (non-hydrogen) atoms. The lowest BCUT2D eigenvalue weighted by Crippen LogP contribution is -2.26. The van der Waals surface area contributed by atoms with Gasteiger partial charge in [0.05, 0.1) is 5.92 Å². The van der Waals surface area contributed by atoms with Crippen molar-refractivity contribution in [2.45, 2.75) is 129 Å². The fourth-order valence-electron chi connectivity index (χ4n) is 6.62. The van der Waals surface area contributed by atoms with Crippen LogP contribution in [0.4, 0.5) is 4.39 Å². The van der Waals surface area contributed by atoms with Crippen molar-refractivity contribution in [1.82, 2.24) is 0 Å². The lowest BCUT2D eigenvalue weighted by molar-refractivity contribution is 0.150. The van der Waals surface area contributed by atoms with Gasteiger partial charge in [0.2, 0.25) is 0 Å². The first kappa shape index (κ1) is 23.2. The predicted octanol–water partition coefficient (Wildman–Crippen LogP) is 8.74. The zero-order valence-electron chi connectivity index (χ0n) is 19.4. The summed E-state index contributed by atoms with van der Waals surface area (Å²) >= 11 is 0. The number of halogens is 1. The minimum Gasteiger partial charge on any atom is -0.246 e. The van der Waals surface area contributed by atoms with Crippen molar-refractivity contribution >= 4 is 0 Å². The van der Waals surface area contributed by atoms with E-state index in [9.17, 15) is 4.39 Å². The molecule has 0 aromatic carbocycles. The molecular weight excluding hydrogens is 355 g/mol. The van der Waals surface area contributed by atoms with Crippen LogP contribution >= 0.6 is 0 Å². The van der Waals surface area contributed by atoms with Gasteiger partial charge in [0.15, 0.2) is 0 Å². The van der Waals surface area contributed by atoms with E-state index < -0.39 is 6.17 Å². The summed E-state index contributed by atoms with van der Waals surface area (Å²) in [4.78, 5) is 0. The van der Waals surface area contributed by atoms with E-state index in [-0.39, 0.29) is 5.92 Å². The maximum absolute atomic E-state index is 14.7. The Kier molecular flexibility index (Phi) is 9.88. The SMILES string of the molecule is CCCCCC1CCC(C#C[C@H]2CC[C@H]([C@H]3CC[C@H](CCC)CC3)CC2)C(F)C1. The zero-order chi connectivity index (χ0) is 20.5. The molecule has 3 aliphatic rings. The first-order valence-electron chi connectivity index (χ1n) is 13.3. The number of unbranched alkanes of at least 4 members (excludes halogenated alkanes) is 2. The Morgan fingerprint density at radius 2 is 1.31 bits per heavy atom. The van der Waals surface area contributed by atoms with Crippen LogP contribution in [-0.4, -0.2) is 6.17 Å². The molecule has 0 saturated heterocycles. The molecule has 0 spiro atoms. The maximum Gasteiger partial charge on any atom is 0.114 e. The summed E-state index contributed by atoms with van der Waals surface area (Å²) in [5.74, 6) is 11.2. The van der Waals surface area contributed by atoms with Gasteiger partial charge in [0, 0.05) is 5.92 Å². The van der Waals surface area contributed by atoms with E-state index in [0.717, 1.165) is 30.6 Å². The molecule has 3 rings (SSSR count). The molecule has 0 heterocycles. The van der Waals surface area contributed by atoms with Gasteiger partial charge in [-0.25, -0.2) is 4.39 Å². The minimum atomic E-state index is -0.669. The van der Waals surface area contributed by atoms with E-state index in [4.69, 9.17) is 0 Å². The van der Waals surface area contributed by atoms with Gasteiger partial charge < -0.3 is 0 Å². The molecule has 0 aromatic heterocycles. The van der Waals surface area contributed by atoms with Gasteiger partial charge in [-0.3, -0.25) is 0 Å². The molecule has 0 amide bonds. The standard InChI is InChI=1S/C28H47F/c1-3-5-6-8-24-14-20-27(28(29)21-24)19-13-23-11-17-26(18-12-23)25-15-9-22(7-4-2)10-16-25/h22-28H,3-12,14-18,20-21H2,1-2H3/t22-,23-,24?,25-,26-,27?,28?. The van der Waals surface area contributed by atoms with Crippen molar-refractivity contribution in [3.8, 4) is 11.8 Å². The minimum absolute atomic E-state index is 0.0315. The molecule has 3 fully saturated rings. The molecule has 3 aliphatic carbocycles. The molecular formula is C28H47F. The Balaban J connectivity index is 1.36. The Morgan fingerprint density at radius 1 is 0.655 bits per heavy atom. The highest BCUT2D eigenvalue weighted by Gasteiger charge is 2.31. The Bertz CT molecular complexity index is 498. The Morgan fingerprint density at radius 3 is 1.93 bits per heavy atom. The highest BCUT2D eigenvalue weighted by molar-refractivity contribution is 5.11. The Labute approximate surface area is 181 Å². The van der Waals surface area contributed by atoms with E-state index in [2.05, 4.69) is 25.7 Å². The lowest BCUT2D eigenvalue weighted by atomic mass is 9.69. The average Bonchev–Trinajstić information content (AvgIpc) is 2.75. The summed E-state index contributed by atoms with van der Waals surface area (Å²) < 4.78 is 14.7. The van der Waals surface area contributed by atoms with Gasteiger partial charge >= 0.3 is 0 Å². The van der Waals surface area contributed by atoms with Crippen LogP contribution in [0.25, 0.3) is 0 Å². The molecule has 0 N–H and O–H groups in total. The molecule has 0 aliphatic heterocycles. The smallest absolute Gasteiger partial charge is 0.114 e. The van der Waals surface area contributed by atoms with Crippen molar-refractivity contribution in [2.24, 2.45) is 35.5 Å². The van der Waals surface area contributed by atoms with E-state index in [0.29, 0.717) is 11.8 Å². The second kappa shape index (κ2) is 12.4. The van der Waals surface area contributed by atoms with Crippen molar-refractivity contribution < 1.29 is 4.39 Å². The fourth-order valence-corrected chi connectivity index (χ4v) is 6.62. The van der Waals surface area contributed by atoms with Crippen molar-refractivity contribution in [1.29, 1.82) is 0 Å². The van der Waals surface area contributed by atoms with E-state index in [1.165, 1.54) is 96.3 Å². The summed E-state index contributed by atoms with van der Waals surface area (Å²) in [7, 11) is 0. The maximum atomic E-state index is 14.7. The quantitative estimate of drug-likeness (QED) is 0.295. The van der Waals surface area contributed by atoms with Crippen molar-refractivity contribution in [3.63, 3.8) is 0 Å². The van der Waals surface area contributed by atoms with Gasteiger partial charge in [0.25, 0.3) is 0 Å². The van der Waals surface area contributed by atoms with E-state index in [1.54, 1.807) is 0 Å².